The lowest BCUT2D eigenvalue weighted by Gasteiger charge is -2.35. The summed E-state index contributed by atoms with van der Waals surface area (Å²) in [6.07, 6.45) is 0.238. The lowest BCUT2D eigenvalue weighted by molar-refractivity contribution is -0.385. The zero-order chi connectivity index (χ0) is 25.9. The van der Waals surface area contributed by atoms with Gasteiger partial charge in [-0.05, 0) is 42.0 Å². The molecular weight excluding hydrogens is 506 g/mol. The molecule has 1 aliphatic rings. The summed E-state index contributed by atoms with van der Waals surface area (Å²) in [6, 6.07) is 14.0. The van der Waals surface area contributed by atoms with Crippen LogP contribution in [0.2, 0.25) is 0 Å². The third-order valence-corrected chi connectivity index (χ3v) is 9.20. The Morgan fingerprint density at radius 2 is 1.94 bits per heavy atom. The quantitative estimate of drug-likeness (QED) is 0.266. The number of rotatable bonds is 8. The van der Waals surface area contributed by atoms with Crippen LogP contribution in [-0.4, -0.2) is 42.7 Å². The van der Waals surface area contributed by atoms with Gasteiger partial charge >= 0.3 is 5.97 Å². The first-order valence-electron chi connectivity index (χ1n) is 11.0. The molecule has 2 heterocycles. The predicted octanol–water partition coefficient (Wildman–Crippen LogP) is 3.82. The van der Waals surface area contributed by atoms with Crippen LogP contribution < -0.4 is 5.32 Å². The van der Waals surface area contributed by atoms with Crippen molar-refractivity contribution in [2.24, 2.45) is 0 Å². The van der Waals surface area contributed by atoms with Gasteiger partial charge in [-0.25, -0.2) is 8.42 Å². The summed E-state index contributed by atoms with van der Waals surface area (Å²) in [5.74, 6) is -1.41. The van der Waals surface area contributed by atoms with E-state index in [1.165, 1.54) is 35.5 Å². The van der Waals surface area contributed by atoms with Gasteiger partial charge in [0.1, 0.15) is 4.21 Å². The number of nitrogens with zero attached hydrogens (tertiary/aromatic N) is 2. The Hall–Kier alpha value is -3.61. The first kappa shape index (κ1) is 25.5. The Kier molecular flexibility index (Phi) is 7.48. The number of anilines is 1. The molecule has 1 aromatic heterocycles. The zero-order valence-corrected chi connectivity index (χ0v) is 20.9. The van der Waals surface area contributed by atoms with E-state index in [0.717, 1.165) is 22.5 Å². The number of carbonyl (C=O) groups is 2. The molecule has 3 aromatic rings. The van der Waals surface area contributed by atoms with Crippen LogP contribution in [0.3, 0.4) is 0 Å². The molecular formula is C24H23N3O7S2. The molecule has 188 valence electrons. The second-order valence-corrected chi connectivity index (χ2v) is 11.2. The Bertz CT molecular complexity index is 1400. The van der Waals surface area contributed by atoms with E-state index in [1.807, 2.05) is 12.1 Å². The van der Waals surface area contributed by atoms with Gasteiger partial charge in [-0.2, -0.15) is 4.31 Å². The van der Waals surface area contributed by atoms with Crippen LogP contribution in [0.4, 0.5) is 11.4 Å². The summed E-state index contributed by atoms with van der Waals surface area (Å²) < 4.78 is 33.3. The van der Waals surface area contributed by atoms with Crippen molar-refractivity contribution >= 4 is 44.6 Å². The van der Waals surface area contributed by atoms with Crippen molar-refractivity contribution in [3.8, 4) is 0 Å². The molecule has 1 unspecified atom stereocenters. The number of fused-ring (bicyclic) bond motifs is 1. The van der Waals surface area contributed by atoms with E-state index < -0.39 is 39.5 Å². The average molecular weight is 530 g/mol. The van der Waals surface area contributed by atoms with Gasteiger partial charge in [0, 0.05) is 12.6 Å². The van der Waals surface area contributed by atoms with Gasteiger partial charge in [-0.15, -0.1) is 11.3 Å². The molecule has 4 rings (SSSR count). The highest BCUT2D eigenvalue weighted by Crippen LogP contribution is 2.37. The third-order valence-electron chi connectivity index (χ3n) is 5.92. The van der Waals surface area contributed by atoms with Crippen LogP contribution in [0.15, 0.2) is 64.2 Å². The second kappa shape index (κ2) is 10.6. The van der Waals surface area contributed by atoms with E-state index in [4.69, 9.17) is 4.74 Å². The highest BCUT2D eigenvalue weighted by molar-refractivity contribution is 7.91. The molecule has 0 fully saturated rings. The van der Waals surface area contributed by atoms with E-state index in [2.05, 4.69) is 5.32 Å². The highest BCUT2D eigenvalue weighted by Gasteiger charge is 2.38. The molecule has 12 heteroatoms. The number of sulfonamides is 1. The Morgan fingerprint density at radius 1 is 1.17 bits per heavy atom. The van der Waals surface area contributed by atoms with Crippen molar-refractivity contribution in [3.63, 3.8) is 0 Å². The summed E-state index contributed by atoms with van der Waals surface area (Å²) in [5.41, 5.74) is 2.03. The number of hydrogen-bond donors (Lipinski definition) is 1. The van der Waals surface area contributed by atoms with Crippen LogP contribution in [0.5, 0.6) is 0 Å². The van der Waals surface area contributed by atoms with Gasteiger partial charge < -0.3 is 10.1 Å². The van der Waals surface area contributed by atoms with Crippen LogP contribution in [0, 0.1) is 17.0 Å². The van der Waals surface area contributed by atoms with E-state index in [1.54, 1.807) is 23.6 Å². The number of hydrogen-bond acceptors (Lipinski definition) is 8. The summed E-state index contributed by atoms with van der Waals surface area (Å²) in [7, 11) is -3.83. The molecule has 0 spiro atoms. The summed E-state index contributed by atoms with van der Waals surface area (Å²) >= 11 is 1.10. The SMILES string of the molecule is Cc1c(NC(=O)COC(=O)CC2c3ccccc3CCN2S(=O)(=O)c2cccs2)cccc1[N+](=O)[O-]. The molecule has 36 heavy (non-hydrogen) atoms. The number of thiophene rings is 1. The van der Waals surface area contributed by atoms with Gasteiger partial charge in [0.15, 0.2) is 6.61 Å². The molecule has 0 bridgehead atoms. The molecule has 0 saturated heterocycles. The predicted molar refractivity (Wildman–Crippen MR) is 133 cm³/mol. The average Bonchev–Trinajstić information content (AvgIpc) is 3.40. The van der Waals surface area contributed by atoms with E-state index in [9.17, 15) is 28.1 Å². The minimum atomic E-state index is -3.83. The molecule has 1 atom stereocenters. The second-order valence-electron chi connectivity index (χ2n) is 8.13. The zero-order valence-electron chi connectivity index (χ0n) is 19.2. The van der Waals surface area contributed by atoms with Crippen molar-refractivity contribution in [2.45, 2.75) is 30.0 Å². The first-order valence-corrected chi connectivity index (χ1v) is 13.3. The minimum absolute atomic E-state index is 0.146. The number of nitro benzene ring substituents is 1. The highest BCUT2D eigenvalue weighted by atomic mass is 32.2. The largest absolute Gasteiger partial charge is 0.456 e. The Morgan fingerprint density at radius 3 is 2.67 bits per heavy atom. The van der Waals surface area contributed by atoms with Crippen molar-refractivity contribution < 1.29 is 27.7 Å². The van der Waals surface area contributed by atoms with Gasteiger partial charge in [-0.1, -0.05) is 36.4 Å². The molecule has 10 nitrogen and oxygen atoms in total. The van der Waals surface area contributed by atoms with Gasteiger partial charge in [0.05, 0.1) is 28.6 Å². The number of esters is 1. The van der Waals surface area contributed by atoms with Crippen LogP contribution in [-0.2, 0) is 30.8 Å². The normalized spacial score (nSPS) is 15.6. The van der Waals surface area contributed by atoms with Crippen molar-refractivity contribution in [1.29, 1.82) is 0 Å². The number of amides is 1. The van der Waals surface area contributed by atoms with E-state index in [0.29, 0.717) is 6.42 Å². The first-order chi connectivity index (χ1) is 17.2. The molecule has 1 amide bonds. The summed E-state index contributed by atoms with van der Waals surface area (Å²) in [6.45, 7) is 1.09. The molecule has 0 aliphatic carbocycles. The summed E-state index contributed by atoms with van der Waals surface area (Å²) in [5, 5.41) is 15.3. The molecule has 0 saturated carbocycles. The van der Waals surface area contributed by atoms with Crippen molar-refractivity contribution in [2.75, 3.05) is 18.5 Å². The third kappa shape index (κ3) is 5.30. The maximum atomic E-state index is 13.3. The maximum absolute atomic E-state index is 13.3. The number of nitro groups is 1. The van der Waals surface area contributed by atoms with Gasteiger partial charge in [0.25, 0.3) is 21.6 Å². The summed E-state index contributed by atoms with van der Waals surface area (Å²) in [4.78, 5) is 35.6. The minimum Gasteiger partial charge on any atom is -0.456 e. The fourth-order valence-electron chi connectivity index (χ4n) is 4.16. The number of nitrogens with one attached hydrogen (secondary N) is 1. The van der Waals surface area contributed by atoms with Crippen LogP contribution in [0.1, 0.15) is 29.2 Å². The number of carbonyl (C=O) groups excluding carboxylic acids is 2. The Balaban J connectivity index is 1.47. The Labute approximate surface area is 211 Å². The van der Waals surface area contributed by atoms with Crippen molar-refractivity contribution in [1.82, 2.24) is 4.31 Å². The molecule has 0 radical (unpaired) electrons. The molecule has 1 N–H and O–H groups in total. The van der Waals surface area contributed by atoms with Gasteiger partial charge in [0.2, 0.25) is 0 Å². The van der Waals surface area contributed by atoms with E-state index >= 15 is 0 Å². The topological polar surface area (TPSA) is 136 Å². The monoisotopic (exact) mass is 529 g/mol. The van der Waals surface area contributed by atoms with Gasteiger partial charge in [-0.3, -0.25) is 19.7 Å². The fourth-order valence-corrected chi connectivity index (χ4v) is 6.88. The molecule has 2 aromatic carbocycles. The van der Waals surface area contributed by atoms with E-state index in [-0.39, 0.29) is 34.1 Å². The lowest BCUT2D eigenvalue weighted by Crippen LogP contribution is -2.41. The lowest BCUT2D eigenvalue weighted by atomic mass is 9.92. The smallest absolute Gasteiger partial charge is 0.308 e. The fraction of sp³-hybridized carbons (Fsp3) is 0.250. The number of benzene rings is 2. The van der Waals surface area contributed by atoms with Crippen molar-refractivity contribution in [3.05, 3.63) is 86.8 Å². The molecule has 1 aliphatic heterocycles. The number of ether oxygens (including phenoxy) is 1. The standard InChI is InChI=1S/C24H23N3O7S2/c1-16-19(8-4-9-20(16)27(30)31)25-22(28)15-34-23(29)14-21-18-7-3-2-6-17(18)11-12-26(21)36(32,33)24-10-5-13-35-24/h2-10,13,21H,11-12,14-15H2,1H3,(H,25,28). The maximum Gasteiger partial charge on any atom is 0.308 e. The van der Waals surface area contributed by atoms with Crippen LogP contribution >= 0.6 is 11.3 Å². The van der Waals surface area contributed by atoms with Crippen LogP contribution in [0.25, 0.3) is 0 Å².